The molecule has 2 aromatic carbocycles. The van der Waals surface area contributed by atoms with Crippen LogP contribution in [0, 0.1) is 0 Å². The minimum absolute atomic E-state index is 0.0168. The zero-order chi connectivity index (χ0) is 21.0. The lowest BCUT2D eigenvalue weighted by molar-refractivity contribution is 0.0600. The summed E-state index contributed by atoms with van der Waals surface area (Å²) in [4.78, 5) is 11.7. The standard InChI is InChI=1S/C20H21N3O5S/c1-14(2)23(13-18-21-22-19(28-18)15-8-5-4-6-9-15)29(25,26)17-11-7-10-16(12-17)20(24)27-3/h4-12,14H,13H2,1-3H3. The number of ether oxygens (including phenoxy) is 1. The fourth-order valence-corrected chi connectivity index (χ4v) is 4.36. The number of carbonyl (C=O) groups excluding carboxylic acids is 1. The topological polar surface area (TPSA) is 103 Å². The van der Waals surface area contributed by atoms with Gasteiger partial charge in [-0.15, -0.1) is 10.2 Å². The molecule has 152 valence electrons. The van der Waals surface area contributed by atoms with Crippen molar-refractivity contribution in [1.82, 2.24) is 14.5 Å². The Hall–Kier alpha value is -3.04. The molecule has 1 heterocycles. The predicted molar refractivity (Wildman–Crippen MR) is 105 cm³/mol. The van der Waals surface area contributed by atoms with Crippen LogP contribution in [0.5, 0.6) is 0 Å². The van der Waals surface area contributed by atoms with Crippen molar-refractivity contribution in [3.05, 3.63) is 66.1 Å². The van der Waals surface area contributed by atoms with Crippen LogP contribution in [0.3, 0.4) is 0 Å². The Balaban J connectivity index is 1.90. The van der Waals surface area contributed by atoms with Gasteiger partial charge in [-0.25, -0.2) is 13.2 Å². The van der Waals surface area contributed by atoms with E-state index in [0.29, 0.717) is 5.89 Å². The van der Waals surface area contributed by atoms with Crippen molar-refractivity contribution in [3.8, 4) is 11.5 Å². The number of nitrogens with zero attached hydrogens (tertiary/aromatic N) is 3. The van der Waals surface area contributed by atoms with Crippen molar-refractivity contribution in [3.63, 3.8) is 0 Å². The molecule has 3 rings (SSSR count). The van der Waals surface area contributed by atoms with Gasteiger partial charge in [-0.3, -0.25) is 0 Å². The molecule has 8 nitrogen and oxygen atoms in total. The van der Waals surface area contributed by atoms with E-state index in [-0.39, 0.29) is 28.9 Å². The van der Waals surface area contributed by atoms with Gasteiger partial charge in [0.1, 0.15) is 0 Å². The van der Waals surface area contributed by atoms with Gasteiger partial charge in [0.25, 0.3) is 0 Å². The molecule has 1 aromatic heterocycles. The summed E-state index contributed by atoms with van der Waals surface area (Å²) in [5.74, 6) is -0.123. The molecule has 0 amide bonds. The summed E-state index contributed by atoms with van der Waals surface area (Å²) in [6.45, 7) is 3.40. The summed E-state index contributed by atoms with van der Waals surface area (Å²) in [5.41, 5.74) is 0.900. The number of rotatable bonds is 7. The minimum atomic E-state index is -3.92. The highest BCUT2D eigenvalue weighted by atomic mass is 32.2. The summed E-state index contributed by atoms with van der Waals surface area (Å²) >= 11 is 0. The first-order chi connectivity index (χ1) is 13.8. The van der Waals surface area contributed by atoms with E-state index >= 15 is 0 Å². The van der Waals surface area contributed by atoms with Crippen molar-refractivity contribution in [2.24, 2.45) is 0 Å². The summed E-state index contributed by atoms with van der Waals surface area (Å²) in [7, 11) is -2.68. The van der Waals surface area contributed by atoms with Crippen LogP contribution in [-0.2, 0) is 21.3 Å². The summed E-state index contributed by atoms with van der Waals surface area (Å²) < 4.78 is 38.0. The Bertz CT molecular complexity index is 1090. The average molecular weight is 415 g/mol. The normalized spacial score (nSPS) is 11.8. The third kappa shape index (κ3) is 4.52. The summed E-state index contributed by atoms with van der Waals surface area (Å²) in [6, 6.07) is 14.5. The van der Waals surface area contributed by atoms with Gasteiger partial charge >= 0.3 is 5.97 Å². The van der Waals surface area contributed by atoms with Gasteiger partial charge in [0.05, 0.1) is 24.1 Å². The number of benzene rings is 2. The highest BCUT2D eigenvalue weighted by Gasteiger charge is 2.29. The molecular weight excluding hydrogens is 394 g/mol. The molecule has 0 saturated carbocycles. The predicted octanol–water partition coefficient (Wildman–Crippen LogP) is 3.12. The molecule has 0 saturated heterocycles. The largest absolute Gasteiger partial charge is 0.465 e. The average Bonchev–Trinajstić information content (AvgIpc) is 3.20. The molecule has 0 fully saturated rings. The van der Waals surface area contributed by atoms with Crippen molar-refractivity contribution in [1.29, 1.82) is 0 Å². The van der Waals surface area contributed by atoms with Gasteiger partial charge in [-0.2, -0.15) is 4.31 Å². The zero-order valence-electron chi connectivity index (χ0n) is 16.3. The van der Waals surface area contributed by atoms with Crippen molar-refractivity contribution >= 4 is 16.0 Å². The van der Waals surface area contributed by atoms with E-state index in [0.717, 1.165) is 5.56 Å². The summed E-state index contributed by atoms with van der Waals surface area (Å²) in [6.07, 6.45) is 0. The fraction of sp³-hybridized carbons (Fsp3) is 0.250. The van der Waals surface area contributed by atoms with Gasteiger partial charge in [0.15, 0.2) is 0 Å². The van der Waals surface area contributed by atoms with E-state index in [9.17, 15) is 13.2 Å². The molecule has 0 N–H and O–H groups in total. The molecular formula is C20H21N3O5S. The second-order valence-electron chi connectivity index (χ2n) is 6.53. The second kappa shape index (κ2) is 8.54. The zero-order valence-corrected chi connectivity index (χ0v) is 17.1. The van der Waals surface area contributed by atoms with E-state index in [4.69, 9.17) is 4.42 Å². The molecule has 0 aliphatic heterocycles. The molecule has 0 unspecified atom stereocenters. The molecule has 29 heavy (non-hydrogen) atoms. The van der Waals surface area contributed by atoms with Crippen LogP contribution >= 0.6 is 0 Å². The van der Waals surface area contributed by atoms with Gasteiger partial charge in [-0.05, 0) is 44.2 Å². The first-order valence-electron chi connectivity index (χ1n) is 8.91. The lowest BCUT2D eigenvalue weighted by atomic mass is 10.2. The third-order valence-electron chi connectivity index (χ3n) is 4.22. The quantitative estimate of drug-likeness (QED) is 0.546. The Kier molecular flexibility index (Phi) is 6.09. The van der Waals surface area contributed by atoms with E-state index in [1.54, 1.807) is 13.8 Å². The molecule has 0 atom stereocenters. The Morgan fingerprint density at radius 3 is 2.48 bits per heavy atom. The van der Waals surface area contributed by atoms with Crippen LogP contribution in [0.15, 0.2) is 63.9 Å². The smallest absolute Gasteiger partial charge is 0.337 e. The number of hydrogen-bond donors (Lipinski definition) is 0. The Morgan fingerprint density at radius 1 is 1.10 bits per heavy atom. The number of methoxy groups -OCH3 is 1. The van der Waals surface area contributed by atoms with Crippen LogP contribution in [0.25, 0.3) is 11.5 Å². The maximum absolute atomic E-state index is 13.2. The lowest BCUT2D eigenvalue weighted by Crippen LogP contribution is -2.36. The van der Waals surface area contributed by atoms with E-state index < -0.39 is 16.0 Å². The summed E-state index contributed by atoms with van der Waals surface area (Å²) in [5, 5.41) is 7.99. The van der Waals surface area contributed by atoms with Crippen molar-refractivity contribution in [2.75, 3.05) is 7.11 Å². The van der Waals surface area contributed by atoms with Gasteiger partial charge < -0.3 is 9.15 Å². The van der Waals surface area contributed by atoms with Crippen LogP contribution < -0.4 is 0 Å². The van der Waals surface area contributed by atoms with Gasteiger partial charge in [-0.1, -0.05) is 24.3 Å². The monoisotopic (exact) mass is 415 g/mol. The lowest BCUT2D eigenvalue weighted by Gasteiger charge is -2.24. The van der Waals surface area contributed by atoms with E-state index in [1.807, 2.05) is 30.3 Å². The maximum Gasteiger partial charge on any atom is 0.337 e. The first kappa shape index (κ1) is 20.7. The third-order valence-corrected chi connectivity index (χ3v) is 6.23. The van der Waals surface area contributed by atoms with Crippen LogP contribution in [0.1, 0.15) is 30.1 Å². The van der Waals surface area contributed by atoms with Gasteiger partial charge in [0, 0.05) is 11.6 Å². The number of aromatic nitrogens is 2. The molecule has 0 spiro atoms. The number of sulfonamides is 1. The van der Waals surface area contributed by atoms with Crippen LogP contribution in [0.4, 0.5) is 0 Å². The van der Waals surface area contributed by atoms with Crippen molar-refractivity contribution < 1.29 is 22.4 Å². The minimum Gasteiger partial charge on any atom is -0.465 e. The molecule has 9 heteroatoms. The molecule has 3 aromatic rings. The molecule has 0 aliphatic rings. The molecule has 0 radical (unpaired) electrons. The van der Waals surface area contributed by atoms with Crippen molar-refractivity contribution in [2.45, 2.75) is 31.3 Å². The first-order valence-corrected chi connectivity index (χ1v) is 10.3. The van der Waals surface area contributed by atoms with E-state index in [1.165, 1.54) is 35.7 Å². The molecule has 0 aliphatic carbocycles. The molecule has 0 bridgehead atoms. The Labute approximate surface area is 169 Å². The van der Waals surface area contributed by atoms with Crippen LogP contribution in [-0.4, -0.2) is 42.0 Å². The maximum atomic E-state index is 13.2. The Morgan fingerprint density at radius 2 is 1.83 bits per heavy atom. The number of esters is 1. The number of carbonyl (C=O) groups is 1. The van der Waals surface area contributed by atoms with Gasteiger partial charge in [0.2, 0.25) is 21.8 Å². The number of hydrogen-bond acceptors (Lipinski definition) is 7. The van der Waals surface area contributed by atoms with E-state index in [2.05, 4.69) is 14.9 Å². The highest BCUT2D eigenvalue weighted by molar-refractivity contribution is 7.89. The highest BCUT2D eigenvalue weighted by Crippen LogP contribution is 2.23. The fourth-order valence-electron chi connectivity index (χ4n) is 2.73. The SMILES string of the molecule is COC(=O)c1cccc(S(=O)(=O)N(Cc2nnc(-c3ccccc3)o2)C(C)C)c1. The van der Waals surface area contributed by atoms with Crippen LogP contribution in [0.2, 0.25) is 0 Å². The second-order valence-corrected chi connectivity index (χ2v) is 8.42.